The average Bonchev–Trinajstić information content (AvgIpc) is 2.51. The first kappa shape index (κ1) is 15.6. The summed E-state index contributed by atoms with van der Waals surface area (Å²) in [5.41, 5.74) is 1.65. The Morgan fingerprint density at radius 3 is 2.14 bits per heavy atom. The van der Waals surface area contributed by atoms with Crippen LogP contribution in [-0.4, -0.2) is 4.83 Å². The van der Waals surface area contributed by atoms with Crippen molar-refractivity contribution in [1.82, 2.24) is 0 Å². The third-order valence-corrected chi connectivity index (χ3v) is 5.27. The number of hydrogen-bond acceptors (Lipinski definition) is 0. The zero-order chi connectivity index (χ0) is 15.7. The maximum Gasteiger partial charge on any atom is 0.159 e. The van der Waals surface area contributed by atoms with E-state index in [-0.39, 0.29) is 5.82 Å². The Morgan fingerprint density at radius 2 is 1.50 bits per heavy atom. The molecule has 1 fully saturated rings. The van der Waals surface area contributed by atoms with Gasteiger partial charge in [-0.25, -0.2) is 13.2 Å². The van der Waals surface area contributed by atoms with Gasteiger partial charge >= 0.3 is 0 Å². The predicted octanol–water partition coefficient (Wildman–Crippen LogP) is 6.19. The molecule has 1 aliphatic rings. The van der Waals surface area contributed by atoms with E-state index in [2.05, 4.69) is 15.9 Å². The molecule has 3 rings (SSSR count). The van der Waals surface area contributed by atoms with Crippen LogP contribution in [0.5, 0.6) is 0 Å². The van der Waals surface area contributed by atoms with Gasteiger partial charge in [0.1, 0.15) is 5.82 Å². The third-order valence-electron chi connectivity index (χ3n) is 4.35. The minimum Gasteiger partial charge on any atom is -0.206 e. The molecule has 0 spiro atoms. The number of rotatable bonds is 2. The standard InChI is InChI=1S/C18H16BrF3/c19-14-5-1-11(2-6-14)12-3-7-15(17(21)9-12)13-4-8-16(20)18(22)10-13/h3-4,7-11,14H,1-2,5-6H2. The molecule has 0 heterocycles. The minimum absolute atomic E-state index is 0.303. The second-order valence-electron chi connectivity index (χ2n) is 5.82. The van der Waals surface area contributed by atoms with Gasteiger partial charge in [-0.2, -0.15) is 0 Å². The molecule has 116 valence electrons. The van der Waals surface area contributed by atoms with Crippen LogP contribution in [0.1, 0.15) is 37.2 Å². The summed E-state index contributed by atoms with van der Waals surface area (Å²) in [6.07, 6.45) is 4.27. The molecule has 2 aromatic carbocycles. The first-order valence-corrected chi connectivity index (χ1v) is 8.35. The quantitative estimate of drug-likeness (QED) is 0.554. The van der Waals surface area contributed by atoms with Gasteiger partial charge in [-0.05, 0) is 60.9 Å². The summed E-state index contributed by atoms with van der Waals surface area (Å²) in [4.78, 5) is 0.565. The number of hydrogen-bond donors (Lipinski definition) is 0. The molecule has 22 heavy (non-hydrogen) atoms. The maximum atomic E-state index is 14.4. The molecule has 0 atom stereocenters. The first-order valence-electron chi connectivity index (χ1n) is 7.43. The van der Waals surface area contributed by atoms with E-state index < -0.39 is 11.6 Å². The molecule has 0 bridgehead atoms. The molecule has 0 aromatic heterocycles. The molecule has 1 saturated carbocycles. The van der Waals surface area contributed by atoms with E-state index in [1.807, 2.05) is 6.07 Å². The first-order chi connectivity index (χ1) is 10.5. The van der Waals surface area contributed by atoms with Crippen LogP contribution in [0, 0.1) is 17.5 Å². The van der Waals surface area contributed by atoms with E-state index >= 15 is 0 Å². The van der Waals surface area contributed by atoms with Crippen LogP contribution in [0.25, 0.3) is 11.1 Å². The van der Waals surface area contributed by atoms with Gasteiger partial charge in [0.2, 0.25) is 0 Å². The van der Waals surface area contributed by atoms with Crippen LogP contribution in [0.4, 0.5) is 13.2 Å². The van der Waals surface area contributed by atoms with Crippen molar-refractivity contribution in [3.05, 3.63) is 59.4 Å². The van der Waals surface area contributed by atoms with Gasteiger partial charge in [0.15, 0.2) is 11.6 Å². The maximum absolute atomic E-state index is 14.4. The lowest BCUT2D eigenvalue weighted by Crippen LogP contribution is -2.12. The summed E-state index contributed by atoms with van der Waals surface area (Å²) in [6, 6.07) is 8.55. The van der Waals surface area contributed by atoms with Gasteiger partial charge in [0.05, 0.1) is 0 Å². The lowest BCUT2D eigenvalue weighted by Gasteiger charge is -2.25. The third kappa shape index (κ3) is 3.22. The van der Waals surface area contributed by atoms with E-state index in [1.165, 1.54) is 12.1 Å². The van der Waals surface area contributed by atoms with Gasteiger partial charge in [-0.15, -0.1) is 0 Å². The number of benzene rings is 2. The average molecular weight is 369 g/mol. The SMILES string of the molecule is Fc1ccc(-c2ccc(C3CCC(Br)CC3)cc2F)cc1F. The lowest BCUT2D eigenvalue weighted by atomic mass is 9.83. The fourth-order valence-electron chi connectivity index (χ4n) is 3.07. The zero-order valence-electron chi connectivity index (χ0n) is 12.0. The summed E-state index contributed by atoms with van der Waals surface area (Å²) < 4.78 is 40.7. The second kappa shape index (κ2) is 6.45. The van der Waals surface area contributed by atoms with Crippen LogP contribution in [0.15, 0.2) is 36.4 Å². The summed E-state index contributed by atoms with van der Waals surface area (Å²) in [7, 11) is 0. The summed E-state index contributed by atoms with van der Waals surface area (Å²) >= 11 is 3.62. The highest BCUT2D eigenvalue weighted by atomic mass is 79.9. The van der Waals surface area contributed by atoms with E-state index in [0.29, 0.717) is 21.9 Å². The highest BCUT2D eigenvalue weighted by Gasteiger charge is 2.21. The molecule has 0 saturated heterocycles. The van der Waals surface area contributed by atoms with Crippen LogP contribution in [0.3, 0.4) is 0 Å². The Kier molecular flexibility index (Phi) is 4.57. The fourth-order valence-corrected chi connectivity index (χ4v) is 3.60. The smallest absolute Gasteiger partial charge is 0.159 e. The Bertz CT molecular complexity index is 676. The molecule has 0 amide bonds. The fraction of sp³-hybridized carbons (Fsp3) is 0.333. The Labute approximate surface area is 136 Å². The summed E-state index contributed by atoms with van der Waals surface area (Å²) in [5.74, 6) is -1.89. The van der Waals surface area contributed by atoms with Gasteiger partial charge in [-0.1, -0.05) is 34.1 Å². The zero-order valence-corrected chi connectivity index (χ0v) is 13.5. The van der Waals surface area contributed by atoms with Gasteiger partial charge in [0, 0.05) is 10.4 Å². The van der Waals surface area contributed by atoms with Crippen molar-refractivity contribution in [2.45, 2.75) is 36.4 Å². The van der Waals surface area contributed by atoms with Crippen molar-refractivity contribution in [1.29, 1.82) is 0 Å². The molecule has 1 aliphatic carbocycles. The topological polar surface area (TPSA) is 0 Å². The van der Waals surface area contributed by atoms with Crippen molar-refractivity contribution in [3.8, 4) is 11.1 Å². The van der Waals surface area contributed by atoms with E-state index in [9.17, 15) is 13.2 Å². The highest BCUT2D eigenvalue weighted by Crippen LogP contribution is 2.37. The molecule has 4 heteroatoms. The second-order valence-corrected chi connectivity index (χ2v) is 7.11. The Hall–Kier alpha value is -1.29. The number of alkyl halides is 1. The van der Waals surface area contributed by atoms with Gasteiger partial charge in [0.25, 0.3) is 0 Å². The molecule has 0 radical (unpaired) electrons. The van der Waals surface area contributed by atoms with Crippen LogP contribution in [-0.2, 0) is 0 Å². The van der Waals surface area contributed by atoms with Gasteiger partial charge in [-0.3, -0.25) is 0 Å². The van der Waals surface area contributed by atoms with Gasteiger partial charge < -0.3 is 0 Å². The minimum atomic E-state index is -0.961. The lowest BCUT2D eigenvalue weighted by molar-refractivity contribution is 0.455. The van der Waals surface area contributed by atoms with Crippen LogP contribution < -0.4 is 0 Å². The molecule has 0 unspecified atom stereocenters. The van der Waals surface area contributed by atoms with E-state index in [4.69, 9.17) is 0 Å². The van der Waals surface area contributed by atoms with Crippen molar-refractivity contribution in [2.75, 3.05) is 0 Å². The predicted molar refractivity (Wildman–Crippen MR) is 85.7 cm³/mol. The van der Waals surface area contributed by atoms with Crippen LogP contribution >= 0.6 is 15.9 Å². The van der Waals surface area contributed by atoms with Crippen LogP contribution in [0.2, 0.25) is 0 Å². The summed E-state index contributed by atoms with van der Waals surface area (Å²) in [5, 5.41) is 0. The highest BCUT2D eigenvalue weighted by molar-refractivity contribution is 9.09. The van der Waals surface area contributed by atoms with Crippen molar-refractivity contribution < 1.29 is 13.2 Å². The Balaban J connectivity index is 1.87. The van der Waals surface area contributed by atoms with E-state index in [1.54, 1.807) is 6.07 Å². The Morgan fingerprint density at radius 1 is 0.773 bits per heavy atom. The molecule has 2 aromatic rings. The van der Waals surface area contributed by atoms with E-state index in [0.717, 1.165) is 43.4 Å². The number of halogens is 4. The van der Waals surface area contributed by atoms with Crippen molar-refractivity contribution in [2.24, 2.45) is 0 Å². The largest absolute Gasteiger partial charge is 0.206 e. The molecule has 0 N–H and O–H groups in total. The molecular weight excluding hydrogens is 353 g/mol. The van der Waals surface area contributed by atoms with Crippen molar-refractivity contribution in [3.63, 3.8) is 0 Å². The molecule has 0 nitrogen and oxygen atoms in total. The summed E-state index contributed by atoms with van der Waals surface area (Å²) in [6.45, 7) is 0. The monoisotopic (exact) mass is 368 g/mol. The van der Waals surface area contributed by atoms with Crippen molar-refractivity contribution >= 4 is 15.9 Å². The molecule has 0 aliphatic heterocycles. The molecular formula is C18H16BrF3. The normalized spacial score (nSPS) is 21.8.